The Labute approximate surface area is 137 Å². The van der Waals surface area contributed by atoms with Gasteiger partial charge in [-0.2, -0.15) is 0 Å². The fourth-order valence-corrected chi connectivity index (χ4v) is 2.95. The van der Waals surface area contributed by atoms with Gasteiger partial charge < -0.3 is 14.7 Å². The first-order valence-electron chi connectivity index (χ1n) is 8.22. The number of carboxylic acids is 1. The lowest BCUT2D eigenvalue weighted by Crippen LogP contribution is -2.45. The molecule has 0 aliphatic carbocycles. The van der Waals surface area contributed by atoms with Crippen molar-refractivity contribution in [3.63, 3.8) is 0 Å². The highest BCUT2D eigenvalue weighted by Gasteiger charge is 2.27. The lowest BCUT2D eigenvalue weighted by atomic mass is 9.93. The number of aliphatic carboxylic acids is 1. The first-order valence-corrected chi connectivity index (χ1v) is 8.22. The third-order valence-corrected chi connectivity index (χ3v) is 4.29. The van der Waals surface area contributed by atoms with Gasteiger partial charge in [0, 0.05) is 19.5 Å². The Hall–Kier alpha value is -1.88. The first kappa shape index (κ1) is 17.5. The van der Waals surface area contributed by atoms with Crippen molar-refractivity contribution in [1.29, 1.82) is 0 Å². The van der Waals surface area contributed by atoms with Crippen molar-refractivity contribution < 1.29 is 19.4 Å². The number of benzene rings is 1. The topological polar surface area (TPSA) is 66.8 Å². The van der Waals surface area contributed by atoms with Crippen LogP contribution in [0.4, 0.5) is 0 Å². The van der Waals surface area contributed by atoms with Gasteiger partial charge in [0.2, 0.25) is 0 Å². The molecule has 1 amide bonds. The van der Waals surface area contributed by atoms with Crippen LogP contribution in [-0.2, 0) is 20.9 Å². The number of carboxylic acid groups (broad SMARTS) is 1. The SMILES string of the molecule is C[C@H](OCc1ccccc1)C(=O)N1CCC[C@@H](CCC(=O)O)C1. The summed E-state index contributed by atoms with van der Waals surface area (Å²) in [6.07, 6.45) is 2.26. The molecule has 5 nitrogen and oxygen atoms in total. The van der Waals surface area contributed by atoms with Crippen LogP contribution >= 0.6 is 0 Å². The predicted octanol–water partition coefficient (Wildman–Crippen LogP) is 2.70. The Morgan fingerprint density at radius 2 is 2.09 bits per heavy atom. The Morgan fingerprint density at radius 3 is 2.78 bits per heavy atom. The van der Waals surface area contributed by atoms with Gasteiger partial charge in [0.25, 0.3) is 5.91 Å². The third-order valence-electron chi connectivity index (χ3n) is 4.29. The van der Waals surface area contributed by atoms with E-state index in [1.165, 1.54) is 0 Å². The fraction of sp³-hybridized carbons (Fsp3) is 0.556. The van der Waals surface area contributed by atoms with Gasteiger partial charge in [-0.3, -0.25) is 9.59 Å². The molecule has 0 aromatic heterocycles. The molecular weight excluding hydrogens is 294 g/mol. The second kappa shape index (κ2) is 8.67. The summed E-state index contributed by atoms with van der Waals surface area (Å²) in [4.78, 5) is 25.0. The van der Waals surface area contributed by atoms with Gasteiger partial charge in [-0.1, -0.05) is 30.3 Å². The van der Waals surface area contributed by atoms with Crippen LogP contribution in [0.3, 0.4) is 0 Å². The molecule has 0 saturated carbocycles. The molecule has 0 bridgehead atoms. The highest BCUT2D eigenvalue weighted by atomic mass is 16.5. The number of hydrogen-bond donors (Lipinski definition) is 1. The molecule has 1 fully saturated rings. The summed E-state index contributed by atoms with van der Waals surface area (Å²) in [5.41, 5.74) is 1.05. The largest absolute Gasteiger partial charge is 0.481 e. The zero-order valence-corrected chi connectivity index (χ0v) is 13.6. The zero-order valence-electron chi connectivity index (χ0n) is 13.6. The van der Waals surface area contributed by atoms with Crippen molar-refractivity contribution in [2.75, 3.05) is 13.1 Å². The molecule has 1 N–H and O–H groups in total. The van der Waals surface area contributed by atoms with E-state index in [9.17, 15) is 9.59 Å². The minimum atomic E-state index is -0.770. The molecule has 5 heteroatoms. The molecule has 2 atom stereocenters. The fourth-order valence-electron chi connectivity index (χ4n) is 2.95. The molecule has 1 heterocycles. The number of carbonyl (C=O) groups is 2. The average Bonchev–Trinajstić information content (AvgIpc) is 2.58. The van der Waals surface area contributed by atoms with Crippen molar-refractivity contribution in [2.24, 2.45) is 5.92 Å². The van der Waals surface area contributed by atoms with Gasteiger partial charge in [0.05, 0.1) is 6.61 Å². The monoisotopic (exact) mass is 319 g/mol. The van der Waals surface area contributed by atoms with Crippen LogP contribution < -0.4 is 0 Å². The average molecular weight is 319 g/mol. The van der Waals surface area contributed by atoms with E-state index in [1.54, 1.807) is 6.92 Å². The van der Waals surface area contributed by atoms with Crippen LogP contribution in [0, 0.1) is 5.92 Å². The van der Waals surface area contributed by atoms with Gasteiger partial charge >= 0.3 is 5.97 Å². The summed E-state index contributed by atoms with van der Waals surface area (Å²) < 4.78 is 5.69. The summed E-state index contributed by atoms with van der Waals surface area (Å²) >= 11 is 0. The molecule has 2 rings (SSSR count). The number of amides is 1. The van der Waals surface area contributed by atoms with Gasteiger partial charge in [0.15, 0.2) is 0 Å². The van der Waals surface area contributed by atoms with Crippen LogP contribution in [0.25, 0.3) is 0 Å². The molecule has 23 heavy (non-hydrogen) atoms. The standard InChI is InChI=1S/C18H25NO4/c1-14(23-13-16-6-3-2-4-7-16)18(22)19-11-5-8-15(12-19)9-10-17(20)21/h2-4,6-7,14-15H,5,8-13H2,1H3,(H,20,21)/t14-,15-/m0/s1. The molecule has 0 radical (unpaired) electrons. The molecule has 1 aromatic rings. The molecule has 1 aromatic carbocycles. The van der Waals surface area contributed by atoms with Crippen molar-refractivity contribution in [1.82, 2.24) is 4.90 Å². The van der Waals surface area contributed by atoms with Crippen LogP contribution in [0.2, 0.25) is 0 Å². The maximum atomic E-state index is 12.5. The number of piperidine rings is 1. The summed E-state index contributed by atoms with van der Waals surface area (Å²) in [6, 6.07) is 9.79. The van der Waals surface area contributed by atoms with E-state index < -0.39 is 12.1 Å². The number of likely N-dealkylation sites (tertiary alicyclic amines) is 1. The van der Waals surface area contributed by atoms with E-state index in [-0.39, 0.29) is 18.2 Å². The summed E-state index contributed by atoms with van der Waals surface area (Å²) in [5, 5.41) is 8.79. The normalized spacial score (nSPS) is 19.3. The Kier molecular flexibility index (Phi) is 6.59. The number of rotatable bonds is 7. The molecule has 1 aliphatic heterocycles. The lowest BCUT2D eigenvalue weighted by Gasteiger charge is -2.34. The van der Waals surface area contributed by atoms with Crippen molar-refractivity contribution >= 4 is 11.9 Å². The minimum Gasteiger partial charge on any atom is -0.481 e. The minimum absolute atomic E-state index is 0.000885. The van der Waals surface area contributed by atoms with Crippen molar-refractivity contribution in [3.05, 3.63) is 35.9 Å². The van der Waals surface area contributed by atoms with Crippen molar-refractivity contribution in [2.45, 2.75) is 45.3 Å². The summed E-state index contributed by atoms with van der Waals surface area (Å²) in [6.45, 7) is 3.59. The Morgan fingerprint density at radius 1 is 1.35 bits per heavy atom. The number of nitrogens with zero attached hydrogens (tertiary/aromatic N) is 1. The Bertz CT molecular complexity index is 517. The number of ether oxygens (including phenoxy) is 1. The molecular formula is C18H25NO4. The second-order valence-electron chi connectivity index (χ2n) is 6.16. The maximum Gasteiger partial charge on any atom is 0.303 e. The van der Waals surface area contributed by atoms with E-state index >= 15 is 0 Å². The van der Waals surface area contributed by atoms with Gasteiger partial charge in [0.1, 0.15) is 6.10 Å². The zero-order chi connectivity index (χ0) is 16.7. The van der Waals surface area contributed by atoms with Crippen LogP contribution in [0.15, 0.2) is 30.3 Å². The molecule has 1 saturated heterocycles. The highest BCUT2D eigenvalue weighted by molar-refractivity contribution is 5.80. The molecule has 1 aliphatic rings. The quantitative estimate of drug-likeness (QED) is 0.839. The maximum absolute atomic E-state index is 12.5. The second-order valence-corrected chi connectivity index (χ2v) is 6.16. The summed E-state index contributed by atoms with van der Waals surface area (Å²) in [5.74, 6) is -0.487. The van der Waals surface area contributed by atoms with E-state index in [1.807, 2.05) is 35.2 Å². The number of carbonyl (C=O) groups excluding carboxylic acids is 1. The van der Waals surface area contributed by atoms with E-state index in [2.05, 4.69) is 0 Å². The van der Waals surface area contributed by atoms with Gasteiger partial charge in [-0.05, 0) is 37.7 Å². The van der Waals surface area contributed by atoms with E-state index in [0.29, 0.717) is 19.6 Å². The van der Waals surface area contributed by atoms with Crippen molar-refractivity contribution in [3.8, 4) is 0 Å². The first-order chi connectivity index (χ1) is 11.1. The summed E-state index contributed by atoms with van der Waals surface area (Å²) in [7, 11) is 0. The molecule has 126 valence electrons. The van der Waals surface area contributed by atoms with Crippen LogP contribution in [-0.4, -0.2) is 41.1 Å². The van der Waals surface area contributed by atoms with Crippen LogP contribution in [0.5, 0.6) is 0 Å². The van der Waals surface area contributed by atoms with Crippen LogP contribution in [0.1, 0.15) is 38.2 Å². The number of hydrogen-bond acceptors (Lipinski definition) is 3. The van der Waals surface area contributed by atoms with E-state index in [4.69, 9.17) is 9.84 Å². The lowest BCUT2D eigenvalue weighted by molar-refractivity contribution is -0.145. The Balaban J connectivity index is 1.80. The smallest absolute Gasteiger partial charge is 0.303 e. The highest BCUT2D eigenvalue weighted by Crippen LogP contribution is 2.22. The van der Waals surface area contributed by atoms with E-state index in [0.717, 1.165) is 24.9 Å². The third kappa shape index (κ3) is 5.67. The van der Waals surface area contributed by atoms with Gasteiger partial charge in [-0.15, -0.1) is 0 Å². The molecule has 0 unspecified atom stereocenters. The van der Waals surface area contributed by atoms with Gasteiger partial charge in [-0.25, -0.2) is 0 Å². The molecule has 0 spiro atoms. The predicted molar refractivity (Wildman–Crippen MR) is 86.9 cm³/mol.